The zero-order valence-corrected chi connectivity index (χ0v) is 13.7. The maximum Gasteiger partial charge on any atom is 0.265 e. The Hall–Kier alpha value is -1.79. The van der Waals surface area contributed by atoms with Crippen LogP contribution in [0.4, 0.5) is 0 Å². The Bertz CT molecular complexity index is 685. The molecule has 0 spiro atoms. The molecule has 1 unspecified atom stereocenters. The van der Waals surface area contributed by atoms with Crippen LogP contribution in [0.1, 0.15) is 28.7 Å². The van der Waals surface area contributed by atoms with Crippen LogP contribution in [0.25, 0.3) is 10.7 Å². The minimum atomic E-state index is 0.0398. The number of hydrogen-bond acceptors (Lipinski definition) is 5. The number of likely N-dealkylation sites (tertiary alicyclic amines) is 1. The summed E-state index contributed by atoms with van der Waals surface area (Å²) >= 11 is 1.42. The fraction of sp³-hybridized carbons (Fsp3) is 0.438. The summed E-state index contributed by atoms with van der Waals surface area (Å²) in [6.07, 6.45) is 2.70. The standard InChI is InChI=1S/C16H20N4OS/c1-11-13(15(21)20-8-6-16(2,9-17)10-20)22-14(19-11)12-5-3-4-7-18-12/h3-5,7H,6,8-10,17H2,1-2H3. The van der Waals surface area contributed by atoms with E-state index >= 15 is 0 Å². The molecule has 1 aliphatic rings. The summed E-state index contributed by atoms with van der Waals surface area (Å²) in [6, 6.07) is 5.70. The largest absolute Gasteiger partial charge is 0.337 e. The van der Waals surface area contributed by atoms with Crippen LogP contribution in [-0.4, -0.2) is 40.4 Å². The zero-order valence-electron chi connectivity index (χ0n) is 12.9. The van der Waals surface area contributed by atoms with Crippen LogP contribution >= 0.6 is 11.3 Å². The quantitative estimate of drug-likeness (QED) is 0.943. The third kappa shape index (κ3) is 2.76. The molecule has 1 amide bonds. The number of thiazole rings is 1. The predicted octanol–water partition coefficient (Wildman–Crippen LogP) is 2.32. The monoisotopic (exact) mass is 316 g/mol. The van der Waals surface area contributed by atoms with Gasteiger partial charge in [0.2, 0.25) is 0 Å². The Morgan fingerprint density at radius 1 is 1.50 bits per heavy atom. The second-order valence-electron chi connectivity index (χ2n) is 6.14. The molecule has 0 aliphatic carbocycles. The Balaban J connectivity index is 1.84. The van der Waals surface area contributed by atoms with Crippen molar-refractivity contribution < 1.29 is 4.79 Å². The van der Waals surface area contributed by atoms with Gasteiger partial charge < -0.3 is 10.6 Å². The van der Waals surface area contributed by atoms with Crippen molar-refractivity contribution >= 4 is 17.2 Å². The van der Waals surface area contributed by atoms with Gasteiger partial charge in [-0.1, -0.05) is 13.0 Å². The first-order valence-electron chi connectivity index (χ1n) is 7.41. The van der Waals surface area contributed by atoms with Gasteiger partial charge in [-0.2, -0.15) is 0 Å². The molecule has 0 saturated carbocycles. The number of pyridine rings is 1. The molecule has 2 aromatic heterocycles. The summed E-state index contributed by atoms with van der Waals surface area (Å²) in [4.78, 5) is 24.2. The third-order valence-corrected chi connectivity index (χ3v) is 5.38. The maximum absolute atomic E-state index is 12.8. The lowest BCUT2D eigenvalue weighted by Gasteiger charge is -2.22. The minimum absolute atomic E-state index is 0.0398. The van der Waals surface area contributed by atoms with Crippen LogP contribution in [0.3, 0.4) is 0 Å². The topological polar surface area (TPSA) is 72.1 Å². The summed E-state index contributed by atoms with van der Waals surface area (Å²) in [7, 11) is 0. The molecule has 0 radical (unpaired) electrons. The van der Waals surface area contributed by atoms with Crippen LogP contribution in [0, 0.1) is 12.3 Å². The van der Waals surface area contributed by atoms with Crippen molar-refractivity contribution in [2.24, 2.45) is 11.1 Å². The van der Waals surface area contributed by atoms with Gasteiger partial charge in [-0.3, -0.25) is 9.78 Å². The summed E-state index contributed by atoms with van der Waals surface area (Å²) < 4.78 is 0. The van der Waals surface area contributed by atoms with Crippen molar-refractivity contribution in [1.82, 2.24) is 14.9 Å². The van der Waals surface area contributed by atoms with Gasteiger partial charge in [0.15, 0.2) is 0 Å². The van der Waals surface area contributed by atoms with Gasteiger partial charge in [0, 0.05) is 19.3 Å². The van der Waals surface area contributed by atoms with Crippen LogP contribution in [0.15, 0.2) is 24.4 Å². The van der Waals surface area contributed by atoms with Crippen LogP contribution in [0.2, 0.25) is 0 Å². The van der Waals surface area contributed by atoms with Gasteiger partial charge in [0.25, 0.3) is 5.91 Å². The SMILES string of the molecule is Cc1nc(-c2ccccn2)sc1C(=O)N1CCC(C)(CN)C1. The summed E-state index contributed by atoms with van der Waals surface area (Å²) in [6.45, 7) is 6.12. The van der Waals surface area contributed by atoms with E-state index in [2.05, 4.69) is 16.9 Å². The summed E-state index contributed by atoms with van der Waals surface area (Å²) in [5, 5.41) is 0.794. The highest BCUT2D eigenvalue weighted by Crippen LogP contribution is 2.32. The molecule has 3 rings (SSSR count). The average molecular weight is 316 g/mol. The van der Waals surface area contributed by atoms with Crippen molar-refractivity contribution in [3.05, 3.63) is 35.0 Å². The number of amides is 1. The van der Waals surface area contributed by atoms with Gasteiger partial charge in [-0.05, 0) is 37.4 Å². The number of nitrogens with two attached hydrogens (primary N) is 1. The molecule has 1 saturated heterocycles. The van der Waals surface area contributed by atoms with Crippen LogP contribution in [0.5, 0.6) is 0 Å². The highest BCUT2D eigenvalue weighted by molar-refractivity contribution is 7.17. The fourth-order valence-electron chi connectivity index (χ4n) is 2.70. The molecular weight excluding hydrogens is 296 g/mol. The van der Waals surface area contributed by atoms with Gasteiger partial charge in [0.05, 0.1) is 11.4 Å². The lowest BCUT2D eigenvalue weighted by atomic mass is 9.90. The minimum Gasteiger partial charge on any atom is -0.337 e. The number of hydrogen-bond donors (Lipinski definition) is 1. The molecule has 0 aromatic carbocycles. The smallest absolute Gasteiger partial charge is 0.265 e. The van der Waals surface area contributed by atoms with Gasteiger partial charge in [0.1, 0.15) is 9.88 Å². The molecule has 5 nitrogen and oxygen atoms in total. The molecule has 1 fully saturated rings. The second-order valence-corrected chi connectivity index (χ2v) is 7.14. The number of rotatable bonds is 3. The number of aromatic nitrogens is 2. The Morgan fingerprint density at radius 2 is 2.32 bits per heavy atom. The number of carbonyl (C=O) groups excluding carboxylic acids is 1. The van der Waals surface area contributed by atoms with Gasteiger partial charge in [-0.25, -0.2) is 4.98 Å². The molecule has 3 heterocycles. The van der Waals surface area contributed by atoms with E-state index in [9.17, 15) is 4.79 Å². The van der Waals surface area contributed by atoms with Crippen molar-refractivity contribution in [3.8, 4) is 10.7 Å². The van der Waals surface area contributed by atoms with Gasteiger partial charge in [-0.15, -0.1) is 11.3 Å². The molecule has 22 heavy (non-hydrogen) atoms. The highest BCUT2D eigenvalue weighted by atomic mass is 32.1. The lowest BCUT2D eigenvalue weighted by molar-refractivity contribution is 0.0780. The molecule has 0 bridgehead atoms. The van der Waals surface area contributed by atoms with E-state index in [1.54, 1.807) is 6.20 Å². The van der Waals surface area contributed by atoms with Crippen LogP contribution < -0.4 is 5.73 Å². The molecule has 1 aliphatic heterocycles. The van der Waals surface area contributed by atoms with Crippen molar-refractivity contribution in [2.75, 3.05) is 19.6 Å². The molecule has 116 valence electrons. The number of nitrogens with zero attached hydrogens (tertiary/aromatic N) is 3. The average Bonchev–Trinajstić information content (AvgIpc) is 3.12. The molecular formula is C16H20N4OS. The Labute approximate surface area is 134 Å². The lowest BCUT2D eigenvalue weighted by Crippen LogP contribution is -2.34. The Kier molecular flexibility index (Phi) is 3.97. The molecule has 2 aromatic rings. The van der Waals surface area contributed by atoms with E-state index in [1.165, 1.54) is 11.3 Å². The van der Waals surface area contributed by atoms with Crippen molar-refractivity contribution in [2.45, 2.75) is 20.3 Å². The summed E-state index contributed by atoms with van der Waals surface area (Å²) in [5.41, 5.74) is 7.45. The first-order valence-corrected chi connectivity index (χ1v) is 8.22. The molecule has 1 atom stereocenters. The van der Waals surface area contributed by atoms with E-state index in [-0.39, 0.29) is 11.3 Å². The normalized spacial score (nSPS) is 21.3. The second kappa shape index (κ2) is 5.78. The summed E-state index contributed by atoms with van der Waals surface area (Å²) in [5.74, 6) is 0.0642. The number of carbonyl (C=O) groups is 1. The first-order chi connectivity index (χ1) is 10.5. The third-order valence-electron chi connectivity index (χ3n) is 4.21. The van der Waals surface area contributed by atoms with E-state index in [1.807, 2.05) is 30.0 Å². The van der Waals surface area contributed by atoms with E-state index < -0.39 is 0 Å². The highest BCUT2D eigenvalue weighted by Gasteiger charge is 2.36. The van der Waals surface area contributed by atoms with Gasteiger partial charge >= 0.3 is 0 Å². The predicted molar refractivity (Wildman–Crippen MR) is 87.8 cm³/mol. The Morgan fingerprint density at radius 3 is 2.95 bits per heavy atom. The first kappa shape index (κ1) is 15.1. The zero-order chi connectivity index (χ0) is 15.7. The van der Waals surface area contributed by atoms with Crippen LogP contribution in [-0.2, 0) is 0 Å². The maximum atomic E-state index is 12.8. The van der Waals surface area contributed by atoms with E-state index in [4.69, 9.17) is 5.73 Å². The molecule has 6 heteroatoms. The van der Waals surface area contributed by atoms with E-state index in [0.717, 1.165) is 35.9 Å². The fourth-order valence-corrected chi connectivity index (χ4v) is 3.71. The molecule has 2 N–H and O–H groups in total. The van der Waals surface area contributed by atoms with Crippen molar-refractivity contribution in [1.29, 1.82) is 0 Å². The van der Waals surface area contributed by atoms with E-state index in [0.29, 0.717) is 11.4 Å². The number of aryl methyl sites for hydroxylation is 1. The van der Waals surface area contributed by atoms with Crippen molar-refractivity contribution in [3.63, 3.8) is 0 Å².